The number of hydrogen-bond donors (Lipinski definition) is 2. The monoisotopic (exact) mass is 351 g/mol. The Bertz CT molecular complexity index is 627. The topological polar surface area (TPSA) is 75.6 Å². The Labute approximate surface area is 134 Å². The summed E-state index contributed by atoms with van der Waals surface area (Å²) < 4.78 is 31.3. The van der Waals surface area contributed by atoms with E-state index >= 15 is 0 Å². The van der Waals surface area contributed by atoms with Crippen molar-refractivity contribution in [3.8, 4) is 11.8 Å². The van der Waals surface area contributed by atoms with Crippen LogP contribution in [0.25, 0.3) is 0 Å². The third-order valence-corrected chi connectivity index (χ3v) is 4.72. The number of aliphatic hydroxyl groups is 1. The van der Waals surface area contributed by atoms with Crippen molar-refractivity contribution in [2.75, 3.05) is 26.9 Å². The zero-order valence-electron chi connectivity index (χ0n) is 11.3. The smallest absolute Gasteiger partial charge is 0.243 e. The lowest BCUT2D eigenvalue weighted by atomic mass is 10.2. The van der Waals surface area contributed by atoms with Gasteiger partial charge in [0, 0.05) is 25.6 Å². The molecule has 21 heavy (non-hydrogen) atoms. The second-order valence-electron chi connectivity index (χ2n) is 3.93. The van der Waals surface area contributed by atoms with E-state index in [1.807, 2.05) is 0 Å². The fraction of sp³-hybridized carbons (Fsp3) is 0.385. The molecule has 0 saturated carbocycles. The van der Waals surface area contributed by atoms with E-state index in [0.717, 1.165) is 0 Å². The van der Waals surface area contributed by atoms with Crippen LogP contribution in [-0.4, -0.2) is 40.4 Å². The van der Waals surface area contributed by atoms with E-state index in [1.54, 1.807) is 0 Å². The van der Waals surface area contributed by atoms with Gasteiger partial charge in [0.05, 0.1) is 23.3 Å². The molecule has 0 spiro atoms. The van der Waals surface area contributed by atoms with E-state index in [1.165, 1.54) is 19.2 Å². The highest BCUT2D eigenvalue weighted by atomic mass is 35.5. The SMILES string of the molecule is COCCNS(=O)(=O)c1c(Cl)cc(C#CCCO)cc1Cl. The first kappa shape index (κ1) is 18.2. The predicted molar refractivity (Wildman–Crippen MR) is 82.1 cm³/mol. The molecule has 0 aliphatic heterocycles. The standard InChI is InChI=1S/C13H15Cl2NO4S/c1-20-7-5-16-21(18,19)13-11(14)8-10(9-12(13)15)4-2-3-6-17/h8-9,16-17H,3,5-7H2,1H3. The first-order valence-electron chi connectivity index (χ1n) is 5.99. The summed E-state index contributed by atoms with van der Waals surface area (Å²) in [5, 5.41) is 8.63. The molecule has 2 N–H and O–H groups in total. The van der Waals surface area contributed by atoms with Gasteiger partial charge in [0.1, 0.15) is 4.90 Å². The molecule has 0 saturated heterocycles. The lowest BCUT2D eigenvalue weighted by Gasteiger charge is -2.10. The third-order valence-electron chi connectivity index (χ3n) is 2.33. The maximum Gasteiger partial charge on any atom is 0.243 e. The highest BCUT2D eigenvalue weighted by molar-refractivity contribution is 7.89. The van der Waals surface area contributed by atoms with Crippen LogP contribution in [-0.2, 0) is 14.8 Å². The van der Waals surface area contributed by atoms with Crippen molar-refractivity contribution >= 4 is 33.2 Å². The van der Waals surface area contributed by atoms with Crippen molar-refractivity contribution in [3.05, 3.63) is 27.7 Å². The molecule has 1 aromatic carbocycles. The molecule has 0 radical (unpaired) electrons. The van der Waals surface area contributed by atoms with Crippen LogP contribution in [0, 0.1) is 11.8 Å². The fourth-order valence-corrected chi connectivity index (χ4v) is 3.68. The second kappa shape index (κ2) is 8.59. The molecule has 5 nitrogen and oxygen atoms in total. The Balaban J connectivity index is 3.08. The fourth-order valence-electron chi connectivity index (χ4n) is 1.46. The highest BCUT2D eigenvalue weighted by Crippen LogP contribution is 2.30. The van der Waals surface area contributed by atoms with Gasteiger partial charge in [0.25, 0.3) is 0 Å². The van der Waals surface area contributed by atoms with Gasteiger partial charge in [-0.05, 0) is 12.1 Å². The van der Waals surface area contributed by atoms with Gasteiger partial charge in [-0.25, -0.2) is 13.1 Å². The largest absolute Gasteiger partial charge is 0.395 e. The van der Waals surface area contributed by atoms with Gasteiger partial charge < -0.3 is 9.84 Å². The van der Waals surface area contributed by atoms with Crippen LogP contribution in [0.2, 0.25) is 10.0 Å². The lowest BCUT2D eigenvalue weighted by Crippen LogP contribution is -2.27. The van der Waals surface area contributed by atoms with Crippen LogP contribution < -0.4 is 4.72 Å². The van der Waals surface area contributed by atoms with Gasteiger partial charge in [-0.2, -0.15) is 0 Å². The molecule has 0 heterocycles. The summed E-state index contributed by atoms with van der Waals surface area (Å²) in [6.07, 6.45) is 0.313. The first-order valence-corrected chi connectivity index (χ1v) is 8.23. The molecular formula is C13H15Cl2NO4S. The maximum absolute atomic E-state index is 12.1. The molecular weight excluding hydrogens is 337 g/mol. The van der Waals surface area contributed by atoms with E-state index in [9.17, 15) is 8.42 Å². The number of hydrogen-bond acceptors (Lipinski definition) is 4. The Hall–Kier alpha value is -0.810. The van der Waals surface area contributed by atoms with Gasteiger partial charge in [-0.3, -0.25) is 0 Å². The van der Waals surface area contributed by atoms with Crippen molar-refractivity contribution in [3.63, 3.8) is 0 Å². The number of rotatable bonds is 6. The van der Waals surface area contributed by atoms with Crippen LogP contribution in [0.5, 0.6) is 0 Å². The van der Waals surface area contributed by atoms with Crippen LogP contribution in [0.1, 0.15) is 12.0 Å². The minimum absolute atomic E-state index is 0.0132. The third kappa shape index (κ3) is 5.47. The number of sulfonamides is 1. The van der Waals surface area contributed by atoms with Crippen LogP contribution >= 0.6 is 23.2 Å². The van der Waals surface area contributed by atoms with Gasteiger partial charge >= 0.3 is 0 Å². The van der Waals surface area contributed by atoms with Crippen molar-refractivity contribution in [1.82, 2.24) is 4.72 Å². The molecule has 116 valence electrons. The first-order chi connectivity index (χ1) is 9.92. The van der Waals surface area contributed by atoms with Crippen molar-refractivity contribution in [2.45, 2.75) is 11.3 Å². The number of nitrogens with one attached hydrogen (secondary N) is 1. The molecule has 0 aliphatic rings. The Morgan fingerprint density at radius 3 is 2.48 bits per heavy atom. The number of benzene rings is 1. The average molecular weight is 352 g/mol. The minimum Gasteiger partial charge on any atom is -0.395 e. The number of halogens is 2. The molecule has 0 bridgehead atoms. The molecule has 0 aliphatic carbocycles. The van der Waals surface area contributed by atoms with Gasteiger partial charge in [0.15, 0.2) is 0 Å². The second-order valence-corrected chi connectivity index (χ2v) is 6.45. The van der Waals surface area contributed by atoms with Crippen molar-refractivity contribution < 1.29 is 18.3 Å². The van der Waals surface area contributed by atoms with Crippen LogP contribution in [0.3, 0.4) is 0 Å². The van der Waals surface area contributed by atoms with Crippen LogP contribution in [0.4, 0.5) is 0 Å². The maximum atomic E-state index is 12.1. The summed E-state index contributed by atoms with van der Waals surface area (Å²) in [5.41, 5.74) is 0.481. The quantitative estimate of drug-likeness (QED) is 0.603. The molecule has 1 rings (SSSR count). The van der Waals surface area contributed by atoms with E-state index in [-0.39, 0.29) is 34.7 Å². The Morgan fingerprint density at radius 2 is 1.95 bits per heavy atom. The van der Waals surface area contributed by atoms with Gasteiger partial charge in [0.2, 0.25) is 10.0 Å². The average Bonchev–Trinajstić information content (AvgIpc) is 2.38. The van der Waals surface area contributed by atoms with E-state index < -0.39 is 10.0 Å². The van der Waals surface area contributed by atoms with E-state index in [4.69, 9.17) is 33.0 Å². The van der Waals surface area contributed by atoms with Gasteiger partial charge in [-0.1, -0.05) is 35.0 Å². The zero-order chi connectivity index (χ0) is 15.9. The molecule has 0 atom stereocenters. The van der Waals surface area contributed by atoms with E-state index in [2.05, 4.69) is 16.6 Å². The van der Waals surface area contributed by atoms with Crippen molar-refractivity contribution in [2.24, 2.45) is 0 Å². The zero-order valence-corrected chi connectivity index (χ0v) is 13.6. The molecule has 0 aromatic heterocycles. The summed E-state index contributed by atoms with van der Waals surface area (Å²) in [6.45, 7) is 0.299. The summed E-state index contributed by atoms with van der Waals surface area (Å²) in [7, 11) is -2.35. The molecule has 0 unspecified atom stereocenters. The minimum atomic E-state index is -3.82. The summed E-state index contributed by atoms with van der Waals surface area (Å²) in [4.78, 5) is -0.186. The Morgan fingerprint density at radius 1 is 1.33 bits per heavy atom. The normalized spacial score (nSPS) is 11.0. The number of methoxy groups -OCH3 is 1. The summed E-state index contributed by atoms with van der Waals surface area (Å²) in [6, 6.07) is 2.84. The highest BCUT2D eigenvalue weighted by Gasteiger charge is 2.21. The molecule has 8 heteroatoms. The molecule has 0 fully saturated rings. The number of ether oxygens (including phenoxy) is 1. The number of aliphatic hydroxyl groups excluding tert-OH is 1. The van der Waals surface area contributed by atoms with E-state index in [0.29, 0.717) is 12.0 Å². The summed E-state index contributed by atoms with van der Waals surface area (Å²) in [5.74, 6) is 5.45. The van der Waals surface area contributed by atoms with Crippen molar-refractivity contribution in [1.29, 1.82) is 0 Å². The van der Waals surface area contributed by atoms with Crippen LogP contribution in [0.15, 0.2) is 17.0 Å². The van der Waals surface area contributed by atoms with Gasteiger partial charge in [-0.15, -0.1) is 0 Å². The molecule has 1 aromatic rings. The lowest BCUT2D eigenvalue weighted by molar-refractivity contribution is 0.204. The summed E-state index contributed by atoms with van der Waals surface area (Å²) >= 11 is 12.0. The predicted octanol–water partition coefficient (Wildman–Crippen LogP) is 1.65. The Kier molecular flexibility index (Phi) is 7.46. The molecule has 0 amide bonds.